The smallest absolute Gasteiger partial charge is 0.238 e. The molecule has 2 fully saturated rings. The van der Waals surface area contributed by atoms with Crippen LogP contribution in [0.15, 0.2) is 48.5 Å². The van der Waals surface area contributed by atoms with Crippen LogP contribution < -0.4 is 5.32 Å². The SMILES string of the molecule is O=C(CN1CCN(Cc2nc3ccccc3s2)CC1)Nc1ccc(CN2CCCC2)cc1. The van der Waals surface area contributed by atoms with E-state index in [1.807, 2.05) is 18.2 Å². The number of carbonyl (C=O) groups is 1. The van der Waals surface area contributed by atoms with E-state index in [-0.39, 0.29) is 5.91 Å². The first-order chi connectivity index (χ1) is 15.7. The van der Waals surface area contributed by atoms with Gasteiger partial charge in [-0.15, -0.1) is 11.3 Å². The Morgan fingerprint density at radius 2 is 1.53 bits per heavy atom. The van der Waals surface area contributed by atoms with Crippen molar-refractivity contribution in [2.24, 2.45) is 0 Å². The summed E-state index contributed by atoms with van der Waals surface area (Å²) in [5, 5.41) is 4.23. The van der Waals surface area contributed by atoms with Gasteiger partial charge in [0.05, 0.1) is 23.3 Å². The molecule has 1 N–H and O–H groups in total. The molecule has 0 aliphatic carbocycles. The average molecular weight is 450 g/mol. The van der Waals surface area contributed by atoms with Crippen molar-refractivity contribution in [1.82, 2.24) is 19.7 Å². The lowest BCUT2D eigenvalue weighted by Gasteiger charge is -2.33. The van der Waals surface area contributed by atoms with Gasteiger partial charge in [-0.2, -0.15) is 0 Å². The van der Waals surface area contributed by atoms with E-state index in [1.165, 1.54) is 41.2 Å². The number of thiazole rings is 1. The molecule has 168 valence electrons. The standard InChI is InChI=1S/C25H31N5OS/c31-24(26-21-9-7-20(8-10-21)17-28-11-3-4-12-28)18-29-13-15-30(16-14-29)19-25-27-22-5-1-2-6-23(22)32-25/h1-2,5-10H,3-4,11-19H2,(H,26,31). The van der Waals surface area contributed by atoms with Crippen molar-refractivity contribution in [1.29, 1.82) is 0 Å². The van der Waals surface area contributed by atoms with Crippen molar-refractivity contribution >= 4 is 33.1 Å². The molecule has 1 aromatic heterocycles. The number of nitrogens with one attached hydrogen (secondary N) is 1. The second-order valence-corrected chi connectivity index (χ2v) is 9.97. The number of hydrogen-bond donors (Lipinski definition) is 1. The number of anilines is 1. The number of fused-ring (bicyclic) bond motifs is 1. The molecule has 0 saturated carbocycles. The van der Waals surface area contributed by atoms with E-state index in [1.54, 1.807) is 11.3 Å². The Kier molecular flexibility index (Phi) is 6.78. The molecule has 0 radical (unpaired) electrons. The Balaban J connectivity index is 1.05. The van der Waals surface area contributed by atoms with E-state index in [9.17, 15) is 4.79 Å². The number of likely N-dealkylation sites (tertiary alicyclic amines) is 1. The summed E-state index contributed by atoms with van der Waals surface area (Å²) in [6.45, 7) is 8.50. The van der Waals surface area contributed by atoms with Gasteiger partial charge in [0.25, 0.3) is 0 Å². The highest BCUT2D eigenvalue weighted by atomic mass is 32.1. The Labute approximate surface area is 193 Å². The first-order valence-corrected chi connectivity index (χ1v) is 12.4. The van der Waals surface area contributed by atoms with E-state index in [4.69, 9.17) is 4.98 Å². The molecule has 2 saturated heterocycles. The fourth-order valence-corrected chi connectivity index (χ4v) is 5.59. The third kappa shape index (κ3) is 5.53. The lowest BCUT2D eigenvalue weighted by atomic mass is 10.2. The first-order valence-electron chi connectivity index (χ1n) is 11.6. The summed E-state index contributed by atoms with van der Waals surface area (Å²) in [5.41, 5.74) is 3.29. The zero-order valence-corrected chi connectivity index (χ0v) is 19.3. The van der Waals surface area contributed by atoms with Crippen LogP contribution in [0.4, 0.5) is 5.69 Å². The molecule has 6 nitrogen and oxygen atoms in total. The number of piperazine rings is 1. The topological polar surface area (TPSA) is 51.7 Å². The molecule has 0 bridgehead atoms. The fraction of sp³-hybridized carbons (Fsp3) is 0.440. The molecular formula is C25H31N5OS. The third-order valence-corrected chi connectivity index (χ3v) is 7.39. The molecule has 32 heavy (non-hydrogen) atoms. The summed E-state index contributed by atoms with van der Waals surface area (Å²) in [6, 6.07) is 16.6. The van der Waals surface area contributed by atoms with Gasteiger partial charge in [-0.05, 0) is 55.8 Å². The number of benzene rings is 2. The summed E-state index contributed by atoms with van der Waals surface area (Å²) < 4.78 is 1.25. The third-order valence-electron chi connectivity index (χ3n) is 6.37. The molecule has 5 rings (SSSR count). The van der Waals surface area contributed by atoms with Gasteiger partial charge in [-0.1, -0.05) is 24.3 Å². The molecular weight excluding hydrogens is 418 g/mol. The Morgan fingerprint density at radius 3 is 2.28 bits per heavy atom. The fourth-order valence-electron chi connectivity index (χ4n) is 4.58. The molecule has 7 heteroatoms. The predicted molar refractivity (Wildman–Crippen MR) is 131 cm³/mol. The van der Waals surface area contributed by atoms with Gasteiger partial charge in [-0.3, -0.25) is 19.5 Å². The zero-order chi connectivity index (χ0) is 21.8. The quantitative estimate of drug-likeness (QED) is 0.597. The highest BCUT2D eigenvalue weighted by Gasteiger charge is 2.20. The summed E-state index contributed by atoms with van der Waals surface area (Å²) in [7, 11) is 0. The van der Waals surface area contributed by atoms with Gasteiger partial charge in [0.2, 0.25) is 5.91 Å². The van der Waals surface area contributed by atoms with Gasteiger partial charge >= 0.3 is 0 Å². The molecule has 0 spiro atoms. The predicted octanol–water partition coefficient (Wildman–Crippen LogP) is 3.65. The first kappa shape index (κ1) is 21.5. The zero-order valence-electron chi connectivity index (χ0n) is 18.5. The van der Waals surface area contributed by atoms with E-state index >= 15 is 0 Å². The summed E-state index contributed by atoms with van der Waals surface area (Å²) in [5.74, 6) is 0.0666. The Morgan fingerprint density at radius 1 is 0.844 bits per heavy atom. The number of carbonyl (C=O) groups excluding carboxylic acids is 1. The number of rotatable bonds is 7. The van der Waals surface area contributed by atoms with Crippen LogP contribution in [0.2, 0.25) is 0 Å². The second-order valence-electron chi connectivity index (χ2n) is 8.86. The van der Waals surface area contributed by atoms with Crippen molar-refractivity contribution in [3.8, 4) is 0 Å². The van der Waals surface area contributed by atoms with Crippen LogP contribution in [0, 0.1) is 0 Å². The molecule has 2 aliphatic rings. The number of amides is 1. The number of para-hydroxylation sites is 1. The van der Waals surface area contributed by atoms with E-state index in [0.29, 0.717) is 6.54 Å². The lowest BCUT2D eigenvalue weighted by Crippen LogP contribution is -2.48. The van der Waals surface area contributed by atoms with Crippen LogP contribution in [-0.2, 0) is 17.9 Å². The highest BCUT2D eigenvalue weighted by molar-refractivity contribution is 7.18. The summed E-state index contributed by atoms with van der Waals surface area (Å²) in [4.78, 5) is 24.5. The molecule has 0 atom stereocenters. The van der Waals surface area contributed by atoms with Gasteiger partial charge in [0, 0.05) is 38.4 Å². The minimum absolute atomic E-state index is 0.0666. The molecule has 1 amide bonds. The van der Waals surface area contributed by atoms with E-state index in [0.717, 1.165) is 50.5 Å². The molecule has 2 aromatic carbocycles. The molecule has 2 aliphatic heterocycles. The van der Waals surface area contributed by atoms with Gasteiger partial charge in [-0.25, -0.2) is 4.98 Å². The van der Waals surface area contributed by atoms with E-state index in [2.05, 4.69) is 50.3 Å². The van der Waals surface area contributed by atoms with Gasteiger partial charge in [0.15, 0.2) is 0 Å². The van der Waals surface area contributed by atoms with Crippen molar-refractivity contribution in [2.75, 3.05) is 51.1 Å². The summed E-state index contributed by atoms with van der Waals surface area (Å²) >= 11 is 1.78. The lowest BCUT2D eigenvalue weighted by molar-refractivity contribution is -0.117. The number of nitrogens with zero attached hydrogens (tertiary/aromatic N) is 4. The number of hydrogen-bond acceptors (Lipinski definition) is 6. The highest BCUT2D eigenvalue weighted by Crippen LogP contribution is 2.23. The molecule has 0 unspecified atom stereocenters. The average Bonchev–Trinajstić information content (AvgIpc) is 3.45. The van der Waals surface area contributed by atoms with Crippen LogP contribution in [0.1, 0.15) is 23.4 Å². The molecule has 3 heterocycles. The largest absolute Gasteiger partial charge is 0.325 e. The van der Waals surface area contributed by atoms with Gasteiger partial charge < -0.3 is 5.32 Å². The van der Waals surface area contributed by atoms with Crippen LogP contribution in [0.25, 0.3) is 10.2 Å². The maximum atomic E-state index is 12.5. The molecule has 3 aromatic rings. The van der Waals surface area contributed by atoms with Crippen molar-refractivity contribution in [3.63, 3.8) is 0 Å². The Hall–Kier alpha value is -2.32. The van der Waals surface area contributed by atoms with Crippen molar-refractivity contribution in [2.45, 2.75) is 25.9 Å². The van der Waals surface area contributed by atoms with Crippen molar-refractivity contribution < 1.29 is 4.79 Å². The summed E-state index contributed by atoms with van der Waals surface area (Å²) in [6.07, 6.45) is 2.62. The van der Waals surface area contributed by atoms with Crippen LogP contribution in [0.5, 0.6) is 0 Å². The van der Waals surface area contributed by atoms with Crippen LogP contribution in [-0.4, -0.2) is 71.4 Å². The number of aromatic nitrogens is 1. The minimum atomic E-state index is 0.0666. The maximum absolute atomic E-state index is 12.5. The maximum Gasteiger partial charge on any atom is 0.238 e. The minimum Gasteiger partial charge on any atom is -0.325 e. The van der Waals surface area contributed by atoms with Crippen molar-refractivity contribution in [3.05, 3.63) is 59.1 Å². The van der Waals surface area contributed by atoms with Crippen LogP contribution in [0.3, 0.4) is 0 Å². The van der Waals surface area contributed by atoms with E-state index < -0.39 is 0 Å². The van der Waals surface area contributed by atoms with Gasteiger partial charge in [0.1, 0.15) is 5.01 Å². The normalized spacial score (nSPS) is 18.4. The van der Waals surface area contributed by atoms with Crippen LogP contribution >= 0.6 is 11.3 Å². The monoisotopic (exact) mass is 449 g/mol. The second kappa shape index (κ2) is 10.1. The Bertz CT molecular complexity index is 1000.